The van der Waals surface area contributed by atoms with Gasteiger partial charge in [-0.2, -0.15) is 5.26 Å². The Kier molecular flexibility index (Phi) is 4.03. The summed E-state index contributed by atoms with van der Waals surface area (Å²) in [6.45, 7) is 0.612. The Labute approximate surface area is 124 Å². The van der Waals surface area contributed by atoms with E-state index in [0.29, 0.717) is 18.2 Å². The second-order valence-electron chi connectivity index (χ2n) is 5.52. The number of hydrogen-bond donors (Lipinski definition) is 1. The number of hydrogen-bond acceptors (Lipinski definition) is 4. The molecule has 21 heavy (non-hydrogen) atoms. The summed E-state index contributed by atoms with van der Waals surface area (Å²) in [5.41, 5.74) is 1.49. The van der Waals surface area contributed by atoms with Crippen molar-refractivity contribution in [3.05, 3.63) is 35.9 Å². The second-order valence-corrected chi connectivity index (χ2v) is 5.52. The molecule has 0 spiro atoms. The average Bonchev–Trinajstić information content (AvgIpc) is 3.05. The number of rotatable bonds is 4. The number of nitrogens with zero attached hydrogens (tertiary/aromatic N) is 3. The summed E-state index contributed by atoms with van der Waals surface area (Å²) in [7, 11) is 0. The van der Waals surface area contributed by atoms with Gasteiger partial charge in [0.05, 0.1) is 17.7 Å². The topological polar surface area (TPSA) is 60.2 Å². The van der Waals surface area contributed by atoms with Crippen LogP contribution in [0, 0.1) is 11.3 Å². The van der Waals surface area contributed by atoms with Crippen molar-refractivity contribution < 1.29 is 5.11 Å². The van der Waals surface area contributed by atoms with Gasteiger partial charge in [0.15, 0.2) is 0 Å². The van der Waals surface area contributed by atoms with Crippen molar-refractivity contribution in [2.75, 3.05) is 18.1 Å². The predicted molar refractivity (Wildman–Crippen MR) is 83.1 cm³/mol. The number of fused-ring (bicyclic) bond motifs is 1. The van der Waals surface area contributed by atoms with E-state index in [4.69, 9.17) is 4.98 Å². The Balaban J connectivity index is 2.08. The van der Waals surface area contributed by atoms with Crippen molar-refractivity contribution in [2.45, 2.75) is 31.7 Å². The molecule has 1 N–H and O–H groups in total. The van der Waals surface area contributed by atoms with Crippen molar-refractivity contribution >= 4 is 16.7 Å². The summed E-state index contributed by atoms with van der Waals surface area (Å²) in [5.74, 6) is 0.720. The first-order chi connectivity index (χ1) is 10.3. The molecule has 1 aromatic heterocycles. The van der Waals surface area contributed by atoms with Crippen LogP contribution in [0.4, 0.5) is 5.82 Å². The van der Waals surface area contributed by atoms with Gasteiger partial charge in [0.25, 0.3) is 0 Å². The van der Waals surface area contributed by atoms with E-state index < -0.39 is 0 Å². The monoisotopic (exact) mass is 281 g/mol. The lowest BCUT2D eigenvalue weighted by Gasteiger charge is -2.30. The SMILES string of the molecule is N#Cc1cc2ccccc2nc1N(CCO)C1CCCC1. The molecule has 0 bridgehead atoms. The average molecular weight is 281 g/mol. The third-order valence-electron chi connectivity index (χ3n) is 4.20. The van der Waals surface area contributed by atoms with Crippen LogP contribution >= 0.6 is 0 Å². The van der Waals surface area contributed by atoms with Crippen LogP contribution in [-0.4, -0.2) is 29.3 Å². The molecular formula is C17H19N3O. The van der Waals surface area contributed by atoms with Crippen molar-refractivity contribution in [2.24, 2.45) is 0 Å². The Morgan fingerprint density at radius 1 is 1.29 bits per heavy atom. The number of aliphatic hydroxyl groups excluding tert-OH is 1. The van der Waals surface area contributed by atoms with Gasteiger partial charge in [-0.3, -0.25) is 0 Å². The Morgan fingerprint density at radius 2 is 2.05 bits per heavy atom. The fraction of sp³-hybridized carbons (Fsp3) is 0.412. The maximum atomic E-state index is 9.46. The molecule has 1 saturated carbocycles. The van der Waals surface area contributed by atoms with Crippen LogP contribution < -0.4 is 4.90 Å². The number of aromatic nitrogens is 1. The molecule has 1 aromatic carbocycles. The number of pyridine rings is 1. The highest BCUT2D eigenvalue weighted by Gasteiger charge is 2.25. The summed E-state index contributed by atoms with van der Waals surface area (Å²) in [5, 5.41) is 19.8. The van der Waals surface area contributed by atoms with Crippen molar-refractivity contribution in [3.8, 4) is 6.07 Å². The first kappa shape index (κ1) is 13.8. The zero-order chi connectivity index (χ0) is 14.7. The molecule has 2 aromatic rings. The van der Waals surface area contributed by atoms with E-state index >= 15 is 0 Å². The van der Waals surface area contributed by atoms with Gasteiger partial charge >= 0.3 is 0 Å². The highest BCUT2D eigenvalue weighted by atomic mass is 16.3. The zero-order valence-electron chi connectivity index (χ0n) is 12.0. The molecule has 0 saturated heterocycles. The lowest BCUT2D eigenvalue weighted by atomic mass is 10.1. The summed E-state index contributed by atoms with van der Waals surface area (Å²) >= 11 is 0. The first-order valence-corrected chi connectivity index (χ1v) is 7.51. The van der Waals surface area contributed by atoms with Gasteiger partial charge in [-0.15, -0.1) is 0 Å². The Bertz CT molecular complexity index is 671. The highest BCUT2D eigenvalue weighted by Crippen LogP contribution is 2.30. The molecule has 1 fully saturated rings. The molecule has 108 valence electrons. The molecule has 1 heterocycles. The molecule has 0 radical (unpaired) electrons. The van der Waals surface area contributed by atoms with Crippen LogP contribution in [0.15, 0.2) is 30.3 Å². The zero-order valence-corrected chi connectivity index (χ0v) is 12.0. The van der Waals surface area contributed by atoms with E-state index in [1.54, 1.807) is 0 Å². The minimum atomic E-state index is 0.0792. The van der Waals surface area contributed by atoms with E-state index in [9.17, 15) is 10.4 Å². The van der Waals surface area contributed by atoms with Crippen LogP contribution in [0.1, 0.15) is 31.2 Å². The number of anilines is 1. The molecule has 1 aliphatic carbocycles. The number of benzene rings is 1. The van der Waals surface area contributed by atoms with Gasteiger partial charge in [0.2, 0.25) is 0 Å². The standard InChI is InChI=1S/C17H19N3O/c18-12-14-11-13-5-1-4-8-16(13)19-17(14)20(9-10-21)15-6-2-3-7-15/h1,4-5,8,11,15,21H,2-3,6-7,9-10H2. The summed E-state index contributed by atoms with van der Waals surface area (Å²) in [6, 6.07) is 12.4. The van der Waals surface area contributed by atoms with Crippen molar-refractivity contribution in [1.82, 2.24) is 4.98 Å². The van der Waals surface area contributed by atoms with Gasteiger partial charge < -0.3 is 10.0 Å². The summed E-state index contributed by atoms with van der Waals surface area (Å²) in [4.78, 5) is 6.82. The molecule has 3 rings (SSSR count). The molecule has 0 aliphatic heterocycles. The van der Waals surface area contributed by atoms with E-state index in [0.717, 1.165) is 29.6 Å². The minimum absolute atomic E-state index is 0.0792. The van der Waals surface area contributed by atoms with Gasteiger partial charge in [-0.05, 0) is 25.0 Å². The normalized spacial score (nSPS) is 15.2. The van der Waals surface area contributed by atoms with E-state index in [-0.39, 0.29) is 6.61 Å². The molecule has 4 heteroatoms. The smallest absolute Gasteiger partial charge is 0.147 e. The highest BCUT2D eigenvalue weighted by molar-refractivity contribution is 5.83. The van der Waals surface area contributed by atoms with Crippen LogP contribution in [0.2, 0.25) is 0 Å². The van der Waals surface area contributed by atoms with Crippen LogP contribution in [0.5, 0.6) is 0 Å². The molecule has 0 atom stereocenters. The summed E-state index contributed by atoms with van der Waals surface area (Å²) < 4.78 is 0. The second kappa shape index (κ2) is 6.11. The van der Waals surface area contributed by atoms with Gasteiger partial charge in [-0.1, -0.05) is 31.0 Å². The number of para-hydroxylation sites is 1. The first-order valence-electron chi connectivity index (χ1n) is 7.51. The lowest BCUT2D eigenvalue weighted by Crippen LogP contribution is -2.36. The third-order valence-corrected chi connectivity index (χ3v) is 4.20. The van der Waals surface area contributed by atoms with E-state index in [1.807, 2.05) is 30.3 Å². The van der Waals surface area contributed by atoms with Crippen LogP contribution in [-0.2, 0) is 0 Å². The maximum absolute atomic E-state index is 9.46. The quantitative estimate of drug-likeness (QED) is 0.936. The largest absolute Gasteiger partial charge is 0.395 e. The summed E-state index contributed by atoms with van der Waals surface area (Å²) in [6.07, 6.45) is 4.64. The van der Waals surface area contributed by atoms with Crippen LogP contribution in [0.25, 0.3) is 10.9 Å². The van der Waals surface area contributed by atoms with Gasteiger partial charge in [-0.25, -0.2) is 4.98 Å². The van der Waals surface area contributed by atoms with Gasteiger partial charge in [0, 0.05) is 18.0 Å². The third kappa shape index (κ3) is 2.70. The van der Waals surface area contributed by atoms with Gasteiger partial charge in [0.1, 0.15) is 11.9 Å². The molecular weight excluding hydrogens is 262 g/mol. The molecule has 1 aliphatic rings. The lowest BCUT2D eigenvalue weighted by molar-refractivity contribution is 0.297. The molecule has 0 amide bonds. The van der Waals surface area contributed by atoms with E-state index in [2.05, 4.69) is 11.0 Å². The number of nitriles is 1. The van der Waals surface area contributed by atoms with Crippen molar-refractivity contribution in [1.29, 1.82) is 5.26 Å². The number of aliphatic hydroxyl groups is 1. The Morgan fingerprint density at radius 3 is 2.76 bits per heavy atom. The minimum Gasteiger partial charge on any atom is -0.395 e. The Hall–Kier alpha value is -2.12. The predicted octanol–water partition coefficient (Wildman–Crippen LogP) is 2.85. The van der Waals surface area contributed by atoms with E-state index in [1.165, 1.54) is 12.8 Å². The van der Waals surface area contributed by atoms with Crippen LogP contribution in [0.3, 0.4) is 0 Å². The maximum Gasteiger partial charge on any atom is 0.147 e. The van der Waals surface area contributed by atoms with Crippen molar-refractivity contribution in [3.63, 3.8) is 0 Å². The molecule has 0 unspecified atom stereocenters. The fourth-order valence-corrected chi connectivity index (χ4v) is 3.19. The molecule has 4 nitrogen and oxygen atoms in total. The fourth-order valence-electron chi connectivity index (χ4n) is 3.19.